The maximum absolute atomic E-state index is 2.54. The molecule has 3 rings (SSSR count). The standard InChI is InChI=1S/C13H18/c1-3-7-12-10(5-1)9-11-6-2-4-8-13(11)12/h5,9,12-13H,1-4,6-8H2. The molecule has 2 unspecified atom stereocenters. The summed E-state index contributed by atoms with van der Waals surface area (Å²) >= 11 is 0. The number of hydrogen-bond donors (Lipinski definition) is 0. The molecule has 0 aliphatic heterocycles. The van der Waals surface area contributed by atoms with Gasteiger partial charge in [-0.3, -0.25) is 0 Å². The van der Waals surface area contributed by atoms with Gasteiger partial charge in [-0.05, 0) is 55.9 Å². The van der Waals surface area contributed by atoms with Crippen LogP contribution in [-0.2, 0) is 0 Å². The van der Waals surface area contributed by atoms with Crippen molar-refractivity contribution in [2.24, 2.45) is 11.8 Å². The van der Waals surface area contributed by atoms with Crippen molar-refractivity contribution in [1.29, 1.82) is 0 Å². The van der Waals surface area contributed by atoms with Gasteiger partial charge in [0.2, 0.25) is 0 Å². The molecule has 3 aliphatic rings. The van der Waals surface area contributed by atoms with Crippen molar-refractivity contribution in [3.8, 4) is 0 Å². The molecular weight excluding hydrogens is 156 g/mol. The van der Waals surface area contributed by atoms with Gasteiger partial charge in [0.25, 0.3) is 0 Å². The summed E-state index contributed by atoms with van der Waals surface area (Å²) in [7, 11) is 0. The van der Waals surface area contributed by atoms with E-state index in [-0.39, 0.29) is 0 Å². The van der Waals surface area contributed by atoms with Gasteiger partial charge in [0.15, 0.2) is 0 Å². The Morgan fingerprint density at radius 2 is 1.92 bits per heavy atom. The first kappa shape index (κ1) is 7.84. The minimum Gasteiger partial charge on any atom is -0.0810 e. The van der Waals surface area contributed by atoms with E-state index >= 15 is 0 Å². The minimum absolute atomic E-state index is 0.948. The molecule has 0 saturated heterocycles. The summed E-state index contributed by atoms with van der Waals surface area (Å²) in [6.45, 7) is 0. The summed E-state index contributed by atoms with van der Waals surface area (Å²) in [5.74, 6) is 1.92. The van der Waals surface area contributed by atoms with E-state index in [1.165, 1.54) is 44.9 Å². The van der Waals surface area contributed by atoms with E-state index in [1.807, 2.05) is 0 Å². The number of allylic oxidation sites excluding steroid dienone is 4. The summed E-state index contributed by atoms with van der Waals surface area (Å²) in [5.41, 5.74) is 3.50. The molecule has 0 heteroatoms. The molecule has 0 N–H and O–H groups in total. The molecule has 0 nitrogen and oxygen atoms in total. The molecule has 2 atom stereocenters. The van der Waals surface area contributed by atoms with Gasteiger partial charge in [-0.15, -0.1) is 0 Å². The normalized spacial score (nSPS) is 37.5. The Kier molecular flexibility index (Phi) is 1.81. The quantitative estimate of drug-likeness (QED) is 0.523. The molecule has 1 fully saturated rings. The van der Waals surface area contributed by atoms with Crippen LogP contribution < -0.4 is 0 Å². The second kappa shape index (κ2) is 3.01. The van der Waals surface area contributed by atoms with Gasteiger partial charge in [-0.25, -0.2) is 0 Å². The van der Waals surface area contributed by atoms with Crippen molar-refractivity contribution in [2.45, 2.75) is 44.9 Å². The van der Waals surface area contributed by atoms with Crippen LogP contribution in [0.1, 0.15) is 44.9 Å². The lowest BCUT2D eigenvalue weighted by atomic mass is 9.76. The van der Waals surface area contributed by atoms with Crippen LogP contribution in [-0.4, -0.2) is 0 Å². The molecule has 70 valence electrons. The first-order chi connectivity index (χ1) is 6.45. The van der Waals surface area contributed by atoms with Gasteiger partial charge < -0.3 is 0 Å². The summed E-state index contributed by atoms with van der Waals surface area (Å²) in [6.07, 6.45) is 15.1. The highest BCUT2D eigenvalue weighted by atomic mass is 14.4. The van der Waals surface area contributed by atoms with E-state index in [0.29, 0.717) is 0 Å². The third kappa shape index (κ3) is 1.19. The lowest BCUT2D eigenvalue weighted by Crippen LogP contribution is -2.17. The van der Waals surface area contributed by atoms with Crippen LogP contribution >= 0.6 is 0 Å². The van der Waals surface area contributed by atoms with Crippen LogP contribution in [0.5, 0.6) is 0 Å². The average molecular weight is 174 g/mol. The molecular formula is C13H18. The first-order valence-electron chi connectivity index (χ1n) is 5.86. The maximum Gasteiger partial charge on any atom is -0.00993 e. The van der Waals surface area contributed by atoms with E-state index < -0.39 is 0 Å². The zero-order valence-corrected chi connectivity index (χ0v) is 8.26. The van der Waals surface area contributed by atoms with Gasteiger partial charge in [0.05, 0.1) is 0 Å². The molecule has 0 bridgehead atoms. The summed E-state index contributed by atoms with van der Waals surface area (Å²) in [4.78, 5) is 0. The van der Waals surface area contributed by atoms with Crippen LogP contribution in [0.3, 0.4) is 0 Å². The Morgan fingerprint density at radius 1 is 1.00 bits per heavy atom. The van der Waals surface area contributed by atoms with Crippen LogP contribution in [0.25, 0.3) is 0 Å². The molecule has 13 heavy (non-hydrogen) atoms. The molecule has 0 heterocycles. The highest BCUT2D eigenvalue weighted by Gasteiger charge is 2.34. The van der Waals surface area contributed by atoms with Gasteiger partial charge in [0, 0.05) is 0 Å². The van der Waals surface area contributed by atoms with Crippen LogP contribution in [0, 0.1) is 11.8 Å². The predicted molar refractivity (Wildman–Crippen MR) is 55.5 cm³/mol. The van der Waals surface area contributed by atoms with E-state index in [0.717, 1.165) is 11.8 Å². The second-order valence-electron chi connectivity index (χ2n) is 4.81. The Labute approximate surface area is 80.7 Å². The summed E-state index contributed by atoms with van der Waals surface area (Å²) < 4.78 is 0. The number of rotatable bonds is 0. The molecule has 0 spiro atoms. The summed E-state index contributed by atoms with van der Waals surface area (Å²) in [5, 5.41) is 0. The molecule has 0 aromatic heterocycles. The molecule has 3 aliphatic carbocycles. The van der Waals surface area contributed by atoms with Crippen LogP contribution in [0.2, 0.25) is 0 Å². The molecule has 0 aromatic rings. The van der Waals surface area contributed by atoms with E-state index in [2.05, 4.69) is 12.2 Å². The molecule has 0 amide bonds. The fourth-order valence-electron chi connectivity index (χ4n) is 3.44. The monoisotopic (exact) mass is 174 g/mol. The number of hydrogen-bond acceptors (Lipinski definition) is 0. The Hall–Kier alpha value is -0.520. The van der Waals surface area contributed by atoms with E-state index in [4.69, 9.17) is 0 Å². The molecule has 1 saturated carbocycles. The third-order valence-electron chi connectivity index (χ3n) is 4.07. The van der Waals surface area contributed by atoms with E-state index in [9.17, 15) is 0 Å². The van der Waals surface area contributed by atoms with Gasteiger partial charge in [-0.1, -0.05) is 24.1 Å². The van der Waals surface area contributed by atoms with Gasteiger partial charge >= 0.3 is 0 Å². The average Bonchev–Trinajstić information content (AvgIpc) is 2.56. The summed E-state index contributed by atoms with van der Waals surface area (Å²) in [6, 6.07) is 0. The Bertz CT molecular complexity index is 270. The fraction of sp³-hybridized carbons (Fsp3) is 0.692. The van der Waals surface area contributed by atoms with Crippen molar-refractivity contribution in [3.05, 3.63) is 23.3 Å². The van der Waals surface area contributed by atoms with Gasteiger partial charge in [-0.2, -0.15) is 0 Å². The molecule has 0 aromatic carbocycles. The van der Waals surface area contributed by atoms with Crippen molar-refractivity contribution < 1.29 is 0 Å². The second-order valence-corrected chi connectivity index (χ2v) is 4.81. The fourth-order valence-corrected chi connectivity index (χ4v) is 3.44. The van der Waals surface area contributed by atoms with Gasteiger partial charge in [0.1, 0.15) is 0 Å². The van der Waals surface area contributed by atoms with Crippen LogP contribution in [0.15, 0.2) is 23.3 Å². The largest absolute Gasteiger partial charge is 0.0810 e. The first-order valence-corrected chi connectivity index (χ1v) is 5.86. The van der Waals surface area contributed by atoms with Crippen molar-refractivity contribution in [3.63, 3.8) is 0 Å². The Morgan fingerprint density at radius 3 is 2.92 bits per heavy atom. The minimum atomic E-state index is 0.948. The zero-order valence-electron chi connectivity index (χ0n) is 8.26. The highest BCUT2D eigenvalue weighted by molar-refractivity contribution is 5.38. The van der Waals surface area contributed by atoms with Crippen molar-refractivity contribution in [2.75, 3.05) is 0 Å². The highest BCUT2D eigenvalue weighted by Crippen LogP contribution is 2.47. The third-order valence-corrected chi connectivity index (χ3v) is 4.07. The smallest absolute Gasteiger partial charge is 0.00993 e. The maximum atomic E-state index is 2.54. The Balaban J connectivity index is 1.92. The molecule has 0 radical (unpaired) electrons. The number of fused-ring (bicyclic) bond motifs is 3. The lowest BCUT2D eigenvalue weighted by Gasteiger charge is -2.28. The van der Waals surface area contributed by atoms with Crippen LogP contribution in [0.4, 0.5) is 0 Å². The zero-order chi connectivity index (χ0) is 8.67. The van der Waals surface area contributed by atoms with Crippen molar-refractivity contribution in [1.82, 2.24) is 0 Å². The van der Waals surface area contributed by atoms with Crippen molar-refractivity contribution >= 4 is 0 Å². The topological polar surface area (TPSA) is 0 Å². The van der Waals surface area contributed by atoms with E-state index in [1.54, 1.807) is 11.1 Å². The lowest BCUT2D eigenvalue weighted by molar-refractivity contribution is 0.346. The predicted octanol–water partition coefficient (Wildman–Crippen LogP) is 3.84. The SMILES string of the molecule is C1=C2C=C3CCCCC3C2CCC1.